The Morgan fingerprint density at radius 3 is 2.44 bits per heavy atom. The van der Waals surface area contributed by atoms with Gasteiger partial charge in [0.1, 0.15) is 0 Å². The van der Waals surface area contributed by atoms with E-state index >= 15 is 0 Å². The van der Waals surface area contributed by atoms with Crippen molar-refractivity contribution in [3.05, 3.63) is 11.3 Å². The average Bonchev–Trinajstić information content (AvgIpc) is 2.39. The molecule has 2 aliphatic rings. The number of allylic oxidation sites excluding steroid dienone is 2. The lowest BCUT2D eigenvalue weighted by molar-refractivity contribution is 0.224. The summed E-state index contributed by atoms with van der Waals surface area (Å²) in [7, 11) is 2.20. The molecule has 1 saturated carbocycles. The van der Waals surface area contributed by atoms with Crippen LogP contribution >= 0.6 is 0 Å². The smallest absolute Gasteiger partial charge is 0.0965 e. The summed E-state index contributed by atoms with van der Waals surface area (Å²) in [5, 5.41) is 9.17. The fourth-order valence-electron chi connectivity index (χ4n) is 3.09. The van der Waals surface area contributed by atoms with Crippen LogP contribution in [0.2, 0.25) is 0 Å². The highest BCUT2D eigenvalue weighted by Gasteiger charge is 2.23. The summed E-state index contributed by atoms with van der Waals surface area (Å²) in [6, 6.07) is 3.11. The van der Waals surface area contributed by atoms with Crippen LogP contribution in [-0.4, -0.2) is 18.0 Å². The Morgan fingerprint density at radius 1 is 1.06 bits per heavy atom. The van der Waals surface area contributed by atoms with Gasteiger partial charge in [0.05, 0.1) is 6.07 Å². The molecule has 2 heteroatoms. The van der Waals surface area contributed by atoms with Gasteiger partial charge in [0.25, 0.3) is 0 Å². The zero-order valence-electron chi connectivity index (χ0n) is 10.3. The highest BCUT2D eigenvalue weighted by atomic mass is 15.1. The van der Waals surface area contributed by atoms with Crippen molar-refractivity contribution in [2.24, 2.45) is 0 Å². The molecule has 0 aromatic carbocycles. The molecule has 2 rings (SSSR count). The molecule has 0 aromatic heterocycles. The number of hydrogen-bond donors (Lipinski definition) is 0. The standard InChI is InChI=1S/C14H22N2/c1-16(13-8-3-2-4-9-13)14-10-6-5-7-12(14)11-15/h13H,2-10H2,1H3. The minimum Gasteiger partial charge on any atom is -0.374 e. The number of nitriles is 1. The highest BCUT2D eigenvalue weighted by molar-refractivity contribution is 5.29. The van der Waals surface area contributed by atoms with Gasteiger partial charge in [-0.15, -0.1) is 0 Å². The summed E-state index contributed by atoms with van der Waals surface area (Å²) in [4.78, 5) is 2.43. The van der Waals surface area contributed by atoms with Crippen LogP contribution in [0.25, 0.3) is 0 Å². The fraction of sp³-hybridized carbons (Fsp3) is 0.786. The van der Waals surface area contributed by atoms with E-state index < -0.39 is 0 Å². The van der Waals surface area contributed by atoms with Gasteiger partial charge in [-0.3, -0.25) is 0 Å². The summed E-state index contributed by atoms with van der Waals surface area (Å²) in [6.07, 6.45) is 11.3. The van der Waals surface area contributed by atoms with Gasteiger partial charge in [-0.05, 0) is 38.5 Å². The van der Waals surface area contributed by atoms with Crippen LogP contribution < -0.4 is 0 Å². The Bertz CT molecular complexity index is 305. The summed E-state index contributed by atoms with van der Waals surface area (Å²) >= 11 is 0. The summed E-state index contributed by atoms with van der Waals surface area (Å²) in [6.45, 7) is 0. The Hall–Kier alpha value is -0.970. The number of hydrogen-bond acceptors (Lipinski definition) is 2. The average molecular weight is 218 g/mol. The molecule has 0 aliphatic heterocycles. The first-order valence-corrected chi connectivity index (χ1v) is 6.68. The highest BCUT2D eigenvalue weighted by Crippen LogP contribution is 2.31. The summed E-state index contributed by atoms with van der Waals surface area (Å²) in [5.41, 5.74) is 2.40. The Morgan fingerprint density at radius 2 is 1.75 bits per heavy atom. The van der Waals surface area contributed by atoms with Crippen molar-refractivity contribution >= 4 is 0 Å². The lowest BCUT2D eigenvalue weighted by Crippen LogP contribution is -2.34. The predicted octanol–water partition coefficient (Wildman–Crippen LogP) is 3.60. The molecule has 0 aromatic rings. The molecule has 0 bridgehead atoms. The van der Waals surface area contributed by atoms with E-state index in [4.69, 9.17) is 0 Å². The first-order chi connectivity index (χ1) is 7.83. The van der Waals surface area contributed by atoms with E-state index in [1.165, 1.54) is 50.6 Å². The molecule has 2 aliphatic carbocycles. The largest absolute Gasteiger partial charge is 0.374 e. The van der Waals surface area contributed by atoms with Crippen molar-refractivity contribution in [2.45, 2.75) is 63.8 Å². The van der Waals surface area contributed by atoms with Crippen molar-refractivity contribution in [3.8, 4) is 6.07 Å². The molecule has 1 fully saturated rings. The minimum atomic E-state index is 0.699. The molecule has 0 radical (unpaired) electrons. The Labute approximate surface area is 98.9 Å². The first-order valence-electron chi connectivity index (χ1n) is 6.68. The molecule has 88 valence electrons. The summed E-state index contributed by atoms with van der Waals surface area (Å²) < 4.78 is 0. The molecular weight excluding hydrogens is 196 g/mol. The Balaban J connectivity index is 2.09. The van der Waals surface area contributed by atoms with Crippen molar-refractivity contribution in [2.75, 3.05) is 7.05 Å². The monoisotopic (exact) mass is 218 g/mol. The van der Waals surface area contributed by atoms with Crippen LogP contribution in [0.3, 0.4) is 0 Å². The van der Waals surface area contributed by atoms with E-state index in [1.807, 2.05) is 0 Å². The van der Waals surface area contributed by atoms with Gasteiger partial charge in [-0.2, -0.15) is 5.26 Å². The molecule has 16 heavy (non-hydrogen) atoms. The van der Waals surface area contributed by atoms with E-state index in [1.54, 1.807) is 0 Å². The zero-order valence-corrected chi connectivity index (χ0v) is 10.3. The molecule has 0 saturated heterocycles. The van der Waals surface area contributed by atoms with Crippen LogP contribution in [0.4, 0.5) is 0 Å². The van der Waals surface area contributed by atoms with Gasteiger partial charge in [0.2, 0.25) is 0 Å². The van der Waals surface area contributed by atoms with E-state index in [-0.39, 0.29) is 0 Å². The maximum atomic E-state index is 9.17. The van der Waals surface area contributed by atoms with Crippen molar-refractivity contribution < 1.29 is 0 Å². The molecule has 0 heterocycles. The second kappa shape index (κ2) is 5.39. The number of nitrogens with zero attached hydrogens (tertiary/aromatic N) is 2. The molecule has 0 unspecified atom stereocenters. The quantitative estimate of drug-likeness (QED) is 0.708. The van der Waals surface area contributed by atoms with Gasteiger partial charge in [0, 0.05) is 24.4 Å². The molecular formula is C14H22N2. The van der Waals surface area contributed by atoms with E-state index in [9.17, 15) is 5.26 Å². The second-order valence-electron chi connectivity index (χ2n) is 5.15. The maximum absolute atomic E-state index is 9.17. The first kappa shape index (κ1) is 11.5. The van der Waals surface area contributed by atoms with E-state index in [2.05, 4.69) is 18.0 Å². The lowest BCUT2D eigenvalue weighted by atomic mass is 9.91. The molecule has 0 spiro atoms. The minimum absolute atomic E-state index is 0.699. The lowest BCUT2D eigenvalue weighted by Gasteiger charge is -2.36. The number of rotatable bonds is 2. The normalized spacial score (nSPS) is 23.0. The molecule has 0 N–H and O–H groups in total. The topological polar surface area (TPSA) is 27.0 Å². The van der Waals surface area contributed by atoms with Crippen molar-refractivity contribution in [1.29, 1.82) is 5.26 Å². The maximum Gasteiger partial charge on any atom is 0.0965 e. The van der Waals surface area contributed by atoms with Gasteiger partial charge in [-0.1, -0.05) is 19.3 Å². The zero-order chi connectivity index (χ0) is 11.4. The summed E-state index contributed by atoms with van der Waals surface area (Å²) in [5.74, 6) is 0. The van der Waals surface area contributed by atoms with Crippen molar-refractivity contribution in [1.82, 2.24) is 4.90 Å². The van der Waals surface area contributed by atoms with Gasteiger partial charge < -0.3 is 4.90 Å². The van der Waals surface area contributed by atoms with Crippen molar-refractivity contribution in [3.63, 3.8) is 0 Å². The molecule has 2 nitrogen and oxygen atoms in total. The fourth-order valence-corrected chi connectivity index (χ4v) is 3.09. The van der Waals surface area contributed by atoms with E-state index in [0.29, 0.717) is 6.04 Å². The van der Waals surface area contributed by atoms with Crippen LogP contribution in [0.1, 0.15) is 57.8 Å². The molecule has 0 atom stereocenters. The van der Waals surface area contributed by atoms with Crippen LogP contribution in [0.5, 0.6) is 0 Å². The third-order valence-corrected chi connectivity index (χ3v) is 4.12. The van der Waals surface area contributed by atoms with Gasteiger partial charge >= 0.3 is 0 Å². The van der Waals surface area contributed by atoms with Crippen LogP contribution in [-0.2, 0) is 0 Å². The third-order valence-electron chi connectivity index (χ3n) is 4.12. The van der Waals surface area contributed by atoms with Gasteiger partial charge in [-0.25, -0.2) is 0 Å². The van der Waals surface area contributed by atoms with E-state index in [0.717, 1.165) is 18.4 Å². The van der Waals surface area contributed by atoms with Crippen LogP contribution in [0.15, 0.2) is 11.3 Å². The second-order valence-corrected chi connectivity index (χ2v) is 5.15. The predicted molar refractivity (Wildman–Crippen MR) is 65.7 cm³/mol. The Kier molecular flexibility index (Phi) is 3.88. The SMILES string of the molecule is CN(C1=C(C#N)CCCC1)C1CCCCC1. The van der Waals surface area contributed by atoms with Crippen LogP contribution in [0, 0.1) is 11.3 Å². The molecule has 0 amide bonds. The van der Waals surface area contributed by atoms with Gasteiger partial charge in [0.15, 0.2) is 0 Å². The third kappa shape index (κ3) is 2.40.